The highest BCUT2D eigenvalue weighted by molar-refractivity contribution is 5.91. The Kier molecular flexibility index (Phi) is 3.98. The number of halogens is 2. The molecule has 0 aromatic heterocycles. The van der Waals surface area contributed by atoms with Crippen LogP contribution in [0.4, 0.5) is 8.78 Å². The molecule has 21 heavy (non-hydrogen) atoms. The number of carbonyl (C=O) groups is 2. The van der Waals surface area contributed by atoms with E-state index in [-0.39, 0.29) is 22.3 Å². The average molecular weight is 292 g/mol. The fourth-order valence-electron chi connectivity index (χ4n) is 1.84. The third-order valence-electron chi connectivity index (χ3n) is 2.89. The number of hydrogen-bond acceptors (Lipinski definition) is 3. The summed E-state index contributed by atoms with van der Waals surface area (Å²) in [5.41, 5.74) is -0.466. The van der Waals surface area contributed by atoms with Crippen LogP contribution in [-0.4, -0.2) is 24.2 Å². The number of esters is 1. The van der Waals surface area contributed by atoms with E-state index < -0.39 is 23.6 Å². The molecule has 6 heteroatoms. The number of aromatic carboxylic acids is 1. The van der Waals surface area contributed by atoms with E-state index in [4.69, 9.17) is 5.11 Å². The van der Waals surface area contributed by atoms with E-state index in [0.29, 0.717) is 0 Å². The van der Waals surface area contributed by atoms with Crippen molar-refractivity contribution in [3.63, 3.8) is 0 Å². The number of ether oxygens (including phenoxy) is 1. The van der Waals surface area contributed by atoms with Crippen molar-refractivity contribution in [3.05, 3.63) is 59.2 Å². The van der Waals surface area contributed by atoms with Gasteiger partial charge >= 0.3 is 11.9 Å². The van der Waals surface area contributed by atoms with Gasteiger partial charge in [-0.05, 0) is 30.3 Å². The topological polar surface area (TPSA) is 63.6 Å². The van der Waals surface area contributed by atoms with Crippen molar-refractivity contribution in [2.24, 2.45) is 0 Å². The SMILES string of the molecule is COC(=O)c1ccc(F)c(-c2ccc(C(=O)O)cc2F)c1. The molecule has 0 radical (unpaired) electrons. The third-order valence-corrected chi connectivity index (χ3v) is 2.89. The van der Waals surface area contributed by atoms with Crippen molar-refractivity contribution < 1.29 is 28.2 Å². The minimum Gasteiger partial charge on any atom is -0.478 e. The van der Waals surface area contributed by atoms with Crippen LogP contribution in [0.15, 0.2) is 36.4 Å². The Bertz CT molecular complexity index is 726. The van der Waals surface area contributed by atoms with Gasteiger partial charge in [-0.25, -0.2) is 18.4 Å². The summed E-state index contributed by atoms with van der Waals surface area (Å²) in [6, 6.07) is 6.49. The van der Waals surface area contributed by atoms with Crippen LogP contribution >= 0.6 is 0 Å². The highest BCUT2D eigenvalue weighted by Crippen LogP contribution is 2.27. The summed E-state index contributed by atoms with van der Waals surface area (Å²) >= 11 is 0. The molecule has 0 aliphatic carbocycles. The number of hydrogen-bond donors (Lipinski definition) is 1. The fourth-order valence-corrected chi connectivity index (χ4v) is 1.84. The Morgan fingerprint density at radius 1 is 0.952 bits per heavy atom. The van der Waals surface area contributed by atoms with Crippen LogP contribution < -0.4 is 0 Å². The van der Waals surface area contributed by atoms with Gasteiger partial charge in [0.1, 0.15) is 11.6 Å². The maximum absolute atomic E-state index is 13.9. The maximum Gasteiger partial charge on any atom is 0.337 e. The first-order valence-corrected chi connectivity index (χ1v) is 5.85. The van der Waals surface area contributed by atoms with Gasteiger partial charge in [-0.15, -0.1) is 0 Å². The van der Waals surface area contributed by atoms with Crippen molar-refractivity contribution in [3.8, 4) is 11.1 Å². The normalized spacial score (nSPS) is 10.2. The van der Waals surface area contributed by atoms with Crippen LogP contribution in [0, 0.1) is 11.6 Å². The molecule has 0 saturated carbocycles. The van der Waals surface area contributed by atoms with Crippen LogP contribution in [0.1, 0.15) is 20.7 Å². The number of carboxylic acid groups (broad SMARTS) is 1. The minimum absolute atomic E-state index is 0.0654. The van der Waals surface area contributed by atoms with Crippen LogP contribution in [-0.2, 0) is 4.74 Å². The van der Waals surface area contributed by atoms with E-state index in [1.54, 1.807) is 0 Å². The summed E-state index contributed by atoms with van der Waals surface area (Å²) in [5, 5.41) is 8.77. The van der Waals surface area contributed by atoms with Gasteiger partial charge in [0.25, 0.3) is 0 Å². The summed E-state index contributed by atoms with van der Waals surface area (Å²) in [7, 11) is 1.17. The summed E-state index contributed by atoms with van der Waals surface area (Å²) in [5.74, 6) is -3.59. The molecule has 108 valence electrons. The van der Waals surface area contributed by atoms with Crippen LogP contribution in [0.2, 0.25) is 0 Å². The van der Waals surface area contributed by atoms with E-state index in [1.807, 2.05) is 0 Å². The van der Waals surface area contributed by atoms with Crippen molar-refractivity contribution in [1.29, 1.82) is 0 Å². The molecular formula is C15H10F2O4. The molecule has 0 atom stereocenters. The molecule has 0 spiro atoms. The van der Waals surface area contributed by atoms with Crippen molar-refractivity contribution >= 4 is 11.9 Å². The Labute approximate surface area is 118 Å². The summed E-state index contributed by atoms with van der Waals surface area (Å²) in [6.45, 7) is 0. The van der Waals surface area contributed by atoms with Crippen molar-refractivity contribution in [2.45, 2.75) is 0 Å². The van der Waals surface area contributed by atoms with E-state index in [2.05, 4.69) is 4.74 Å². The molecule has 0 fully saturated rings. The van der Waals surface area contributed by atoms with Crippen LogP contribution in [0.5, 0.6) is 0 Å². The van der Waals surface area contributed by atoms with E-state index in [9.17, 15) is 18.4 Å². The standard InChI is InChI=1S/C15H10F2O4/c1-21-15(20)9-3-5-12(16)11(6-9)10-4-2-8(14(18)19)7-13(10)17/h2-7H,1H3,(H,18,19). The average Bonchev–Trinajstić information content (AvgIpc) is 2.47. The second-order valence-corrected chi connectivity index (χ2v) is 4.19. The molecular weight excluding hydrogens is 282 g/mol. The number of methoxy groups -OCH3 is 1. The Morgan fingerprint density at radius 2 is 1.62 bits per heavy atom. The van der Waals surface area contributed by atoms with Crippen LogP contribution in [0.3, 0.4) is 0 Å². The van der Waals surface area contributed by atoms with Crippen molar-refractivity contribution in [1.82, 2.24) is 0 Å². The summed E-state index contributed by atoms with van der Waals surface area (Å²) in [4.78, 5) is 22.2. The van der Waals surface area contributed by atoms with Crippen LogP contribution in [0.25, 0.3) is 11.1 Å². The molecule has 0 bridgehead atoms. The lowest BCUT2D eigenvalue weighted by atomic mass is 10.0. The van der Waals surface area contributed by atoms with Gasteiger partial charge in [0, 0.05) is 11.1 Å². The number of benzene rings is 2. The van der Waals surface area contributed by atoms with E-state index >= 15 is 0 Å². The molecule has 2 aromatic rings. The monoisotopic (exact) mass is 292 g/mol. The second kappa shape index (κ2) is 5.70. The Balaban J connectivity index is 2.56. The fraction of sp³-hybridized carbons (Fsp3) is 0.0667. The predicted molar refractivity (Wildman–Crippen MR) is 70.1 cm³/mol. The van der Waals surface area contributed by atoms with Gasteiger partial charge in [-0.1, -0.05) is 6.07 Å². The van der Waals surface area contributed by atoms with Gasteiger partial charge in [0.15, 0.2) is 0 Å². The first-order valence-electron chi connectivity index (χ1n) is 5.85. The first-order chi connectivity index (χ1) is 9.93. The predicted octanol–water partition coefficient (Wildman–Crippen LogP) is 3.12. The van der Waals surface area contributed by atoms with E-state index in [0.717, 1.165) is 30.3 Å². The molecule has 0 aliphatic heterocycles. The quantitative estimate of drug-likeness (QED) is 0.883. The lowest BCUT2D eigenvalue weighted by molar-refractivity contribution is 0.0600. The van der Waals surface area contributed by atoms with Gasteiger partial charge in [0.2, 0.25) is 0 Å². The third kappa shape index (κ3) is 2.89. The summed E-state index contributed by atoms with van der Waals surface area (Å²) < 4.78 is 32.3. The van der Waals surface area contributed by atoms with Crippen molar-refractivity contribution in [2.75, 3.05) is 7.11 Å². The molecule has 0 amide bonds. The van der Waals surface area contributed by atoms with Gasteiger partial charge in [-0.3, -0.25) is 0 Å². The molecule has 0 unspecified atom stereocenters. The highest BCUT2D eigenvalue weighted by atomic mass is 19.1. The lowest BCUT2D eigenvalue weighted by Crippen LogP contribution is -2.03. The molecule has 0 heterocycles. The smallest absolute Gasteiger partial charge is 0.337 e. The molecule has 0 saturated heterocycles. The molecule has 1 N–H and O–H groups in total. The molecule has 4 nitrogen and oxygen atoms in total. The molecule has 0 aliphatic rings. The number of rotatable bonds is 3. The maximum atomic E-state index is 13.9. The van der Waals surface area contributed by atoms with Gasteiger partial charge in [0.05, 0.1) is 18.2 Å². The largest absolute Gasteiger partial charge is 0.478 e. The highest BCUT2D eigenvalue weighted by Gasteiger charge is 2.16. The zero-order valence-corrected chi connectivity index (χ0v) is 10.9. The minimum atomic E-state index is -1.29. The second-order valence-electron chi connectivity index (χ2n) is 4.19. The lowest BCUT2D eigenvalue weighted by Gasteiger charge is -2.08. The molecule has 2 aromatic carbocycles. The zero-order chi connectivity index (χ0) is 15.6. The zero-order valence-electron chi connectivity index (χ0n) is 10.9. The molecule has 2 rings (SSSR count). The Hall–Kier alpha value is -2.76. The first kappa shape index (κ1) is 14.6. The summed E-state index contributed by atoms with van der Waals surface area (Å²) in [6.07, 6.45) is 0. The van der Waals surface area contributed by atoms with Gasteiger partial charge in [-0.2, -0.15) is 0 Å². The van der Waals surface area contributed by atoms with E-state index in [1.165, 1.54) is 13.2 Å². The number of carboxylic acids is 1. The number of carbonyl (C=O) groups excluding carboxylic acids is 1. The van der Waals surface area contributed by atoms with Gasteiger partial charge < -0.3 is 9.84 Å². The Morgan fingerprint density at radius 3 is 2.19 bits per heavy atom.